The summed E-state index contributed by atoms with van der Waals surface area (Å²) in [6.45, 7) is 2.08. The van der Waals surface area contributed by atoms with Gasteiger partial charge in [0.25, 0.3) is 0 Å². The second-order valence-corrected chi connectivity index (χ2v) is 6.34. The Labute approximate surface area is 126 Å². The number of aromatic nitrogens is 4. The zero-order chi connectivity index (χ0) is 14.8. The van der Waals surface area contributed by atoms with Crippen LogP contribution < -0.4 is 0 Å². The predicted molar refractivity (Wildman–Crippen MR) is 79.2 cm³/mol. The van der Waals surface area contributed by atoms with Crippen molar-refractivity contribution in [1.29, 1.82) is 0 Å². The highest BCUT2D eigenvalue weighted by Gasteiger charge is 2.23. The van der Waals surface area contributed by atoms with Crippen molar-refractivity contribution in [2.45, 2.75) is 51.9 Å². The lowest BCUT2D eigenvalue weighted by Gasteiger charge is -2.06. The Hall–Kier alpha value is -1.76. The Kier molecular flexibility index (Phi) is 4.01. The van der Waals surface area contributed by atoms with Crippen molar-refractivity contribution in [2.24, 2.45) is 0 Å². The minimum Gasteiger partial charge on any atom is -0.476 e. The van der Waals surface area contributed by atoms with Crippen LogP contribution in [0.15, 0.2) is 0 Å². The Bertz CT molecular complexity index is 638. The number of fused-ring (bicyclic) bond motifs is 1. The number of rotatable bonds is 5. The maximum atomic E-state index is 11.3. The lowest BCUT2D eigenvalue weighted by Crippen LogP contribution is -2.07. The van der Waals surface area contributed by atoms with E-state index in [1.165, 1.54) is 17.7 Å². The molecule has 3 rings (SSSR count). The van der Waals surface area contributed by atoms with Gasteiger partial charge in [0.15, 0.2) is 5.69 Å². The molecule has 0 aliphatic heterocycles. The predicted octanol–water partition coefficient (Wildman–Crippen LogP) is 2.64. The fourth-order valence-electron chi connectivity index (χ4n) is 2.62. The van der Waals surface area contributed by atoms with Crippen LogP contribution in [0.2, 0.25) is 0 Å². The molecule has 21 heavy (non-hydrogen) atoms. The molecule has 1 aliphatic carbocycles. The van der Waals surface area contributed by atoms with Crippen LogP contribution in [0, 0.1) is 0 Å². The molecule has 0 aromatic carbocycles. The van der Waals surface area contributed by atoms with Gasteiger partial charge in [-0.2, -0.15) is 4.68 Å². The lowest BCUT2D eigenvalue weighted by atomic mass is 10.0. The van der Waals surface area contributed by atoms with Crippen LogP contribution in [-0.2, 0) is 19.3 Å². The highest BCUT2D eigenvalue weighted by molar-refractivity contribution is 7.14. The normalized spacial score (nSPS) is 14.1. The molecule has 0 radical (unpaired) electrons. The average molecular weight is 306 g/mol. The smallest absolute Gasteiger partial charge is 0.358 e. The lowest BCUT2D eigenvalue weighted by molar-refractivity contribution is 0.0689. The summed E-state index contributed by atoms with van der Waals surface area (Å²) in [7, 11) is 0. The SMILES string of the molecule is CCCCc1c(C(=O)O)nnn1-c1nc2c(s1)CCCC2. The van der Waals surface area contributed by atoms with E-state index in [2.05, 4.69) is 22.2 Å². The van der Waals surface area contributed by atoms with Crippen molar-refractivity contribution in [3.63, 3.8) is 0 Å². The van der Waals surface area contributed by atoms with Crippen LogP contribution in [-0.4, -0.2) is 31.1 Å². The van der Waals surface area contributed by atoms with E-state index in [4.69, 9.17) is 0 Å². The van der Waals surface area contributed by atoms with E-state index in [9.17, 15) is 9.90 Å². The van der Waals surface area contributed by atoms with Gasteiger partial charge in [0.05, 0.1) is 11.4 Å². The molecule has 0 saturated heterocycles. The summed E-state index contributed by atoms with van der Waals surface area (Å²) in [5, 5.41) is 17.9. The molecule has 0 bridgehead atoms. The third kappa shape index (κ3) is 2.70. The van der Waals surface area contributed by atoms with E-state index in [1.807, 2.05) is 0 Å². The number of aryl methyl sites for hydroxylation is 2. The van der Waals surface area contributed by atoms with E-state index in [0.717, 1.165) is 36.5 Å². The van der Waals surface area contributed by atoms with E-state index in [-0.39, 0.29) is 5.69 Å². The quantitative estimate of drug-likeness (QED) is 0.918. The first-order valence-electron chi connectivity index (χ1n) is 7.37. The Morgan fingerprint density at radius 2 is 2.19 bits per heavy atom. The molecule has 0 fully saturated rings. The van der Waals surface area contributed by atoms with Gasteiger partial charge in [-0.25, -0.2) is 9.78 Å². The van der Waals surface area contributed by atoms with Gasteiger partial charge in [-0.05, 0) is 38.5 Å². The molecule has 2 heterocycles. The first-order chi connectivity index (χ1) is 10.2. The van der Waals surface area contributed by atoms with E-state index in [0.29, 0.717) is 12.1 Å². The zero-order valence-electron chi connectivity index (χ0n) is 12.0. The summed E-state index contributed by atoms with van der Waals surface area (Å²) >= 11 is 1.62. The maximum Gasteiger partial charge on any atom is 0.358 e. The molecule has 1 aliphatic rings. The second kappa shape index (κ2) is 5.93. The van der Waals surface area contributed by atoms with Crippen molar-refractivity contribution < 1.29 is 9.90 Å². The molecule has 0 spiro atoms. The fraction of sp³-hybridized carbons (Fsp3) is 0.571. The van der Waals surface area contributed by atoms with E-state index < -0.39 is 5.97 Å². The Balaban J connectivity index is 2.00. The summed E-state index contributed by atoms with van der Waals surface area (Å²) in [4.78, 5) is 17.2. The first kappa shape index (κ1) is 14.2. The minimum atomic E-state index is -1.02. The third-order valence-electron chi connectivity index (χ3n) is 3.75. The number of unbranched alkanes of at least 4 members (excludes halogenated alkanes) is 1. The maximum absolute atomic E-state index is 11.3. The summed E-state index contributed by atoms with van der Waals surface area (Å²) in [5.41, 5.74) is 1.86. The highest BCUT2D eigenvalue weighted by Crippen LogP contribution is 2.29. The van der Waals surface area contributed by atoms with E-state index in [1.54, 1.807) is 16.0 Å². The molecule has 0 amide bonds. The molecular weight excluding hydrogens is 288 g/mol. The summed E-state index contributed by atoms with van der Waals surface area (Å²) < 4.78 is 1.63. The van der Waals surface area contributed by atoms with Crippen molar-refractivity contribution in [3.8, 4) is 5.13 Å². The van der Waals surface area contributed by atoms with Gasteiger partial charge < -0.3 is 5.11 Å². The standard InChI is InChI=1S/C14H18N4O2S/c1-2-3-7-10-12(13(19)20)16-17-18(10)14-15-9-6-4-5-8-11(9)21-14/h2-8H2,1H3,(H,19,20). The monoisotopic (exact) mass is 306 g/mol. The molecule has 1 N–H and O–H groups in total. The van der Waals surface area contributed by atoms with Gasteiger partial charge in [-0.1, -0.05) is 29.9 Å². The fourth-order valence-corrected chi connectivity index (χ4v) is 3.74. The molecule has 112 valence electrons. The van der Waals surface area contributed by atoms with Crippen LogP contribution in [0.4, 0.5) is 0 Å². The Morgan fingerprint density at radius 3 is 2.90 bits per heavy atom. The Morgan fingerprint density at radius 1 is 1.38 bits per heavy atom. The van der Waals surface area contributed by atoms with Crippen molar-refractivity contribution in [2.75, 3.05) is 0 Å². The van der Waals surface area contributed by atoms with Gasteiger partial charge in [-0.3, -0.25) is 0 Å². The number of hydrogen-bond acceptors (Lipinski definition) is 5. The number of carboxylic acids is 1. The number of hydrogen-bond donors (Lipinski definition) is 1. The molecule has 6 nitrogen and oxygen atoms in total. The van der Waals surface area contributed by atoms with Crippen molar-refractivity contribution >= 4 is 17.3 Å². The second-order valence-electron chi connectivity index (χ2n) is 5.28. The van der Waals surface area contributed by atoms with Crippen molar-refractivity contribution in [1.82, 2.24) is 20.0 Å². The van der Waals surface area contributed by atoms with Gasteiger partial charge in [0, 0.05) is 4.88 Å². The molecule has 0 atom stereocenters. The molecular formula is C14H18N4O2S. The van der Waals surface area contributed by atoms with Gasteiger partial charge >= 0.3 is 5.97 Å². The van der Waals surface area contributed by atoms with Crippen LogP contribution in [0.25, 0.3) is 5.13 Å². The highest BCUT2D eigenvalue weighted by atomic mass is 32.1. The van der Waals surface area contributed by atoms with Gasteiger partial charge in [-0.15, -0.1) is 5.10 Å². The van der Waals surface area contributed by atoms with Crippen LogP contribution in [0.3, 0.4) is 0 Å². The number of nitrogens with zero attached hydrogens (tertiary/aromatic N) is 4. The van der Waals surface area contributed by atoms with Crippen LogP contribution in [0.1, 0.15) is 59.4 Å². The van der Waals surface area contributed by atoms with Gasteiger partial charge in [0.1, 0.15) is 0 Å². The summed E-state index contributed by atoms with van der Waals surface area (Å²) in [6, 6.07) is 0. The number of carboxylic acid groups (broad SMARTS) is 1. The number of thiazole rings is 1. The molecule has 7 heteroatoms. The molecule has 2 aromatic rings. The molecule has 0 saturated carbocycles. The van der Waals surface area contributed by atoms with Crippen LogP contribution >= 0.6 is 11.3 Å². The zero-order valence-corrected chi connectivity index (χ0v) is 12.8. The topological polar surface area (TPSA) is 80.9 Å². The van der Waals surface area contributed by atoms with Gasteiger partial charge in [0.2, 0.25) is 5.13 Å². The number of aromatic carboxylic acids is 1. The summed E-state index contributed by atoms with van der Waals surface area (Å²) in [5.74, 6) is -1.02. The molecule has 2 aromatic heterocycles. The molecule has 0 unspecified atom stereocenters. The van der Waals surface area contributed by atoms with Crippen molar-refractivity contribution in [3.05, 3.63) is 22.0 Å². The van der Waals surface area contributed by atoms with E-state index >= 15 is 0 Å². The largest absolute Gasteiger partial charge is 0.476 e. The minimum absolute atomic E-state index is 0.0524. The van der Waals surface area contributed by atoms with Crippen LogP contribution in [0.5, 0.6) is 0 Å². The number of carbonyl (C=O) groups is 1. The summed E-state index contributed by atoms with van der Waals surface area (Å²) in [6.07, 6.45) is 7.03. The third-order valence-corrected chi connectivity index (χ3v) is 4.88. The average Bonchev–Trinajstić information content (AvgIpc) is 3.08. The first-order valence-corrected chi connectivity index (χ1v) is 8.19.